The second-order valence-electron chi connectivity index (χ2n) is 7.57. The summed E-state index contributed by atoms with van der Waals surface area (Å²) in [6.45, 7) is 0. The lowest BCUT2D eigenvalue weighted by Gasteiger charge is -2.21. The molecule has 0 saturated carbocycles. The predicted octanol–water partition coefficient (Wildman–Crippen LogP) is 9.13. The van der Waals surface area contributed by atoms with Gasteiger partial charge in [0.15, 0.2) is 0 Å². The Hall–Kier alpha value is -2.18. The van der Waals surface area contributed by atoms with E-state index in [0.717, 1.165) is 0 Å². The highest BCUT2D eigenvalue weighted by Crippen LogP contribution is 2.48. The van der Waals surface area contributed by atoms with E-state index in [-0.39, 0.29) is 0 Å². The lowest BCUT2D eigenvalue weighted by molar-refractivity contribution is 1.63. The van der Waals surface area contributed by atoms with E-state index in [1.165, 1.54) is 61.7 Å². The zero-order chi connectivity index (χ0) is 20.2. The molecule has 0 aliphatic heterocycles. The van der Waals surface area contributed by atoms with Crippen molar-refractivity contribution >= 4 is 77.5 Å². The molecule has 6 aromatic carbocycles. The van der Waals surface area contributed by atoms with Gasteiger partial charge in [0.2, 0.25) is 0 Å². The minimum absolute atomic E-state index is 1.28. The molecule has 0 saturated heterocycles. The third-order valence-corrected chi connectivity index (χ3v) is 8.20. The Bertz CT molecular complexity index is 1410. The minimum atomic E-state index is 1.28. The molecule has 0 bridgehead atoms. The van der Waals surface area contributed by atoms with Crippen molar-refractivity contribution in [2.24, 2.45) is 0 Å². The monoisotopic (exact) mass is 606 g/mol. The zero-order valence-corrected chi connectivity index (χ0v) is 20.3. The van der Waals surface area contributed by atoms with Crippen molar-refractivity contribution in [3.05, 3.63) is 104 Å². The van der Waals surface area contributed by atoms with Gasteiger partial charge >= 0.3 is 0 Å². The van der Waals surface area contributed by atoms with Crippen LogP contribution in [0.2, 0.25) is 0 Å². The van der Waals surface area contributed by atoms with Crippen molar-refractivity contribution in [3.8, 4) is 22.3 Å². The van der Waals surface area contributed by atoms with E-state index in [9.17, 15) is 0 Å². The molecule has 0 unspecified atom stereocenters. The third kappa shape index (κ3) is 2.63. The first-order chi connectivity index (χ1) is 14.8. The largest absolute Gasteiger partial charge is 0.0622 e. The van der Waals surface area contributed by atoms with Crippen LogP contribution >= 0.6 is 45.2 Å². The Kier molecular flexibility index (Phi) is 4.46. The Morgan fingerprint density at radius 2 is 0.733 bits per heavy atom. The summed E-state index contributed by atoms with van der Waals surface area (Å²) in [7, 11) is 0. The van der Waals surface area contributed by atoms with E-state index >= 15 is 0 Å². The van der Waals surface area contributed by atoms with E-state index in [0.29, 0.717) is 0 Å². The van der Waals surface area contributed by atoms with Crippen molar-refractivity contribution in [1.29, 1.82) is 0 Å². The maximum absolute atomic E-state index is 2.55. The lowest BCUT2D eigenvalue weighted by Crippen LogP contribution is -1.96. The first kappa shape index (κ1) is 18.6. The summed E-state index contributed by atoms with van der Waals surface area (Å²) in [4.78, 5) is 0. The molecule has 0 aliphatic carbocycles. The van der Waals surface area contributed by atoms with Crippen LogP contribution in [-0.2, 0) is 0 Å². The van der Waals surface area contributed by atoms with E-state index in [4.69, 9.17) is 0 Å². The van der Waals surface area contributed by atoms with Crippen LogP contribution in [0, 0.1) is 7.14 Å². The number of hydrogen-bond acceptors (Lipinski definition) is 0. The minimum Gasteiger partial charge on any atom is -0.0622 e. The summed E-state index contributed by atoms with van der Waals surface area (Å²) in [6, 6.07) is 35.1. The van der Waals surface area contributed by atoms with Gasteiger partial charge in [-0.15, -0.1) is 0 Å². The van der Waals surface area contributed by atoms with Crippen molar-refractivity contribution in [2.75, 3.05) is 0 Å². The average molecular weight is 606 g/mol. The normalized spacial score (nSPS) is 11.7. The van der Waals surface area contributed by atoms with Crippen LogP contribution in [0.15, 0.2) is 97.1 Å². The first-order valence-corrected chi connectivity index (χ1v) is 12.1. The number of benzene rings is 6. The summed E-state index contributed by atoms with van der Waals surface area (Å²) in [6.07, 6.45) is 0. The number of rotatable bonds is 2. The highest BCUT2D eigenvalue weighted by atomic mass is 127. The molecule has 0 fully saturated rings. The summed E-state index contributed by atoms with van der Waals surface area (Å²) < 4.78 is 2.65. The summed E-state index contributed by atoms with van der Waals surface area (Å²) in [5.41, 5.74) is 5.23. The van der Waals surface area contributed by atoms with Crippen LogP contribution in [-0.4, -0.2) is 0 Å². The van der Waals surface area contributed by atoms with Gasteiger partial charge in [-0.3, -0.25) is 0 Å². The highest BCUT2D eigenvalue weighted by molar-refractivity contribution is 14.1. The Labute approximate surface area is 202 Å². The summed E-state index contributed by atoms with van der Waals surface area (Å²) in [5.74, 6) is 0. The summed E-state index contributed by atoms with van der Waals surface area (Å²) in [5, 5.41) is 8.11. The fraction of sp³-hybridized carbons (Fsp3) is 0. The van der Waals surface area contributed by atoms with Gasteiger partial charge in [0, 0.05) is 18.3 Å². The van der Waals surface area contributed by atoms with Crippen LogP contribution in [0.25, 0.3) is 54.6 Å². The van der Waals surface area contributed by atoms with E-state index in [1.54, 1.807) is 0 Å². The van der Waals surface area contributed by atoms with E-state index in [2.05, 4.69) is 142 Å². The Morgan fingerprint density at radius 1 is 0.367 bits per heavy atom. The molecule has 0 amide bonds. The molecule has 30 heavy (non-hydrogen) atoms. The molecule has 2 heteroatoms. The fourth-order valence-electron chi connectivity index (χ4n) is 4.71. The van der Waals surface area contributed by atoms with Gasteiger partial charge in [0.1, 0.15) is 0 Å². The molecular formula is C28H16I2. The van der Waals surface area contributed by atoms with Crippen molar-refractivity contribution in [3.63, 3.8) is 0 Å². The second-order valence-corrected chi connectivity index (χ2v) is 9.72. The van der Waals surface area contributed by atoms with Crippen LogP contribution in [0.4, 0.5) is 0 Å². The maximum Gasteiger partial charge on any atom is 0.0293 e. The molecule has 0 nitrogen and oxygen atoms in total. The smallest absolute Gasteiger partial charge is 0.0293 e. The van der Waals surface area contributed by atoms with Crippen LogP contribution < -0.4 is 0 Å². The Balaban J connectivity index is 1.89. The van der Waals surface area contributed by atoms with Gasteiger partial charge in [-0.05, 0) is 88.6 Å². The van der Waals surface area contributed by atoms with E-state index < -0.39 is 0 Å². The molecule has 0 aromatic heterocycles. The maximum atomic E-state index is 2.55. The topological polar surface area (TPSA) is 0 Å². The van der Waals surface area contributed by atoms with Gasteiger partial charge < -0.3 is 0 Å². The zero-order valence-electron chi connectivity index (χ0n) is 16.0. The number of hydrogen-bond donors (Lipinski definition) is 0. The molecule has 0 spiro atoms. The highest BCUT2D eigenvalue weighted by Gasteiger charge is 2.21. The van der Waals surface area contributed by atoms with Gasteiger partial charge in [-0.1, -0.05) is 97.1 Å². The Morgan fingerprint density at radius 3 is 1.13 bits per heavy atom. The first-order valence-electron chi connectivity index (χ1n) is 9.94. The molecule has 6 aromatic rings. The van der Waals surface area contributed by atoms with Crippen LogP contribution in [0.3, 0.4) is 0 Å². The fourth-order valence-corrected chi connectivity index (χ4v) is 6.81. The summed E-state index contributed by atoms with van der Waals surface area (Å²) >= 11 is 5.10. The molecule has 0 N–H and O–H groups in total. The molecule has 6 rings (SSSR count). The SMILES string of the molecule is Ic1c(-c2ccccc2)c2cccc3c(I)c(-c4ccccc4)c4cccc1c4c32. The van der Waals surface area contributed by atoms with Crippen molar-refractivity contribution in [1.82, 2.24) is 0 Å². The predicted molar refractivity (Wildman–Crippen MR) is 146 cm³/mol. The van der Waals surface area contributed by atoms with Gasteiger partial charge in [0.05, 0.1) is 0 Å². The molecule has 0 radical (unpaired) electrons. The molecular weight excluding hydrogens is 590 g/mol. The van der Waals surface area contributed by atoms with Crippen LogP contribution in [0.1, 0.15) is 0 Å². The third-order valence-electron chi connectivity index (χ3n) is 5.95. The van der Waals surface area contributed by atoms with Gasteiger partial charge in [-0.25, -0.2) is 0 Å². The molecule has 0 atom stereocenters. The average Bonchev–Trinajstić information content (AvgIpc) is 2.80. The van der Waals surface area contributed by atoms with Crippen molar-refractivity contribution in [2.45, 2.75) is 0 Å². The molecule has 0 heterocycles. The van der Waals surface area contributed by atoms with Gasteiger partial charge in [-0.2, -0.15) is 0 Å². The standard InChI is InChI=1S/C28H16I2/c29-27-21-15-8-14-20-24(18-11-5-2-6-12-18)28(30)22-16-7-13-19(25(22)26(20)21)23(27)17-9-3-1-4-10-17/h1-16H. The van der Waals surface area contributed by atoms with Crippen LogP contribution in [0.5, 0.6) is 0 Å². The van der Waals surface area contributed by atoms with Crippen molar-refractivity contribution < 1.29 is 0 Å². The van der Waals surface area contributed by atoms with E-state index in [1.807, 2.05) is 0 Å². The molecule has 142 valence electrons. The lowest BCUT2D eigenvalue weighted by atomic mass is 9.86. The number of halogens is 2. The molecule has 0 aliphatic rings. The second kappa shape index (κ2) is 7.20. The quantitative estimate of drug-likeness (QED) is 0.136. The van der Waals surface area contributed by atoms with Gasteiger partial charge in [0.25, 0.3) is 0 Å².